The van der Waals surface area contributed by atoms with Crippen molar-refractivity contribution in [1.82, 2.24) is 15.0 Å². The molecule has 0 amide bonds. The third-order valence-corrected chi connectivity index (χ3v) is 5.26. The summed E-state index contributed by atoms with van der Waals surface area (Å²) in [6.07, 6.45) is 3.36. The second-order valence-corrected chi connectivity index (χ2v) is 7.12. The van der Waals surface area contributed by atoms with Crippen molar-refractivity contribution in [2.24, 2.45) is 0 Å². The van der Waals surface area contributed by atoms with Gasteiger partial charge < -0.3 is 20.9 Å². The Morgan fingerprint density at radius 1 is 1.00 bits per heavy atom. The first-order chi connectivity index (χ1) is 13.6. The Labute approximate surface area is 169 Å². The first-order valence-corrected chi connectivity index (χ1v) is 9.54. The highest BCUT2D eigenvalue weighted by atomic mass is 35.5. The zero-order chi connectivity index (χ0) is 19.5. The Hall–Kier alpha value is -3.06. The Morgan fingerprint density at radius 2 is 1.79 bits per heavy atom. The van der Waals surface area contributed by atoms with Gasteiger partial charge in [0.05, 0.1) is 0 Å². The summed E-state index contributed by atoms with van der Waals surface area (Å²) in [4.78, 5) is 17.6. The van der Waals surface area contributed by atoms with Gasteiger partial charge in [-0.05, 0) is 36.8 Å². The lowest BCUT2D eigenvalue weighted by atomic mass is 10.2. The number of nitrogens with two attached hydrogens (primary N) is 1. The van der Waals surface area contributed by atoms with E-state index in [1.165, 1.54) is 6.33 Å². The predicted molar refractivity (Wildman–Crippen MR) is 115 cm³/mol. The van der Waals surface area contributed by atoms with E-state index < -0.39 is 0 Å². The monoisotopic (exact) mass is 395 g/mol. The first kappa shape index (κ1) is 18.3. The molecule has 0 spiro atoms. The van der Waals surface area contributed by atoms with E-state index >= 15 is 0 Å². The van der Waals surface area contributed by atoms with E-state index in [0.717, 1.165) is 49.1 Å². The van der Waals surface area contributed by atoms with E-state index in [4.69, 9.17) is 17.3 Å². The molecule has 1 aromatic carbocycles. The zero-order valence-electron chi connectivity index (χ0n) is 15.6. The highest BCUT2D eigenvalue weighted by molar-refractivity contribution is 6.31. The second-order valence-electron chi connectivity index (χ2n) is 6.71. The van der Waals surface area contributed by atoms with Gasteiger partial charge >= 0.3 is 0 Å². The summed E-state index contributed by atoms with van der Waals surface area (Å²) in [5.74, 6) is 2.32. The Kier molecular flexibility index (Phi) is 5.16. The molecule has 1 saturated heterocycles. The maximum absolute atomic E-state index is 6.39. The van der Waals surface area contributed by atoms with Crippen LogP contribution >= 0.6 is 11.6 Å². The summed E-state index contributed by atoms with van der Waals surface area (Å²) in [6.45, 7) is 5.31. The van der Waals surface area contributed by atoms with Gasteiger partial charge in [0.1, 0.15) is 17.8 Å². The number of nitrogens with one attached hydrogen (secondary N) is 1. The van der Waals surface area contributed by atoms with Crippen LogP contribution in [0, 0.1) is 6.92 Å². The number of anilines is 5. The van der Waals surface area contributed by atoms with Gasteiger partial charge in [0.15, 0.2) is 11.6 Å². The van der Waals surface area contributed by atoms with Gasteiger partial charge in [-0.2, -0.15) is 0 Å². The van der Waals surface area contributed by atoms with E-state index in [1.807, 2.05) is 49.5 Å². The summed E-state index contributed by atoms with van der Waals surface area (Å²) in [7, 11) is 0. The van der Waals surface area contributed by atoms with Crippen LogP contribution in [0.3, 0.4) is 0 Å². The van der Waals surface area contributed by atoms with Gasteiger partial charge in [0.25, 0.3) is 0 Å². The minimum absolute atomic E-state index is 0.533. The van der Waals surface area contributed by atoms with Crippen molar-refractivity contribution in [2.75, 3.05) is 47.0 Å². The molecule has 2 aromatic heterocycles. The van der Waals surface area contributed by atoms with Crippen molar-refractivity contribution in [3.63, 3.8) is 0 Å². The molecule has 4 rings (SSSR count). The number of nitrogen functional groups attached to an aromatic ring is 1. The molecule has 1 aliphatic rings. The van der Waals surface area contributed by atoms with Crippen LogP contribution in [-0.2, 0) is 0 Å². The van der Waals surface area contributed by atoms with Gasteiger partial charge in [0, 0.05) is 43.1 Å². The average molecular weight is 396 g/mol. The van der Waals surface area contributed by atoms with Crippen molar-refractivity contribution in [3.05, 3.63) is 59.5 Å². The van der Waals surface area contributed by atoms with Crippen LogP contribution in [-0.4, -0.2) is 41.1 Å². The number of piperazine rings is 1. The molecule has 7 nitrogen and oxygen atoms in total. The van der Waals surface area contributed by atoms with Crippen LogP contribution in [0.2, 0.25) is 5.02 Å². The summed E-state index contributed by atoms with van der Waals surface area (Å²) >= 11 is 6.22. The number of nitrogens with zero attached hydrogens (tertiary/aromatic N) is 5. The first-order valence-electron chi connectivity index (χ1n) is 9.16. The second kappa shape index (κ2) is 7.90. The van der Waals surface area contributed by atoms with Crippen molar-refractivity contribution in [1.29, 1.82) is 0 Å². The van der Waals surface area contributed by atoms with E-state index in [2.05, 4.69) is 30.1 Å². The van der Waals surface area contributed by atoms with Crippen molar-refractivity contribution >= 4 is 40.4 Å². The van der Waals surface area contributed by atoms with Gasteiger partial charge in [0.2, 0.25) is 0 Å². The third kappa shape index (κ3) is 3.80. The van der Waals surface area contributed by atoms with Gasteiger partial charge in [-0.1, -0.05) is 23.7 Å². The fourth-order valence-electron chi connectivity index (χ4n) is 3.23. The molecule has 0 atom stereocenters. The number of halogens is 1. The number of aryl methyl sites for hydroxylation is 1. The van der Waals surface area contributed by atoms with E-state index in [0.29, 0.717) is 16.5 Å². The summed E-state index contributed by atoms with van der Waals surface area (Å²) in [6, 6.07) is 11.7. The van der Waals surface area contributed by atoms with Crippen molar-refractivity contribution in [2.45, 2.75) is 6.92 Å². The predicted octanol–water partition coefficient (Wildman–Crippen LogP) is 3.49. The number of hydrogen-bond donors (Lipinski definition) is 2. The van der Waals surface area contributed by atoms with Crippen LogP contribution < -0.4 is 20.9 Å². The molecule has 3 aromatic rings. The largest absolute Gasteiger partial charge is 0.393 e. The number of rotatable bonds is 4. The summed E-state index contributed by atoms with van der Waals surface area (Å²) in [5, 5.41) is 3.94. The number of pyridine rings is 1. The molecule has 3 heterocycles. The molecule has 0 saturated carbocycles. The minimum atomic E-state index is 0.533. The smallest absolute Gasteiger partial charge is 0.159 e. The van der Waals surface area contributed by atoms with E-state index in [9.17, 15) is 0 Å². The SMILES string of the molecule is Cc1ccc(Nc2ncnc(N3CCN(c4ccccn4)CC3)c2N)cc1Cl. The lowest BCUT2D eigenvalue weighted by molar-refractivity contribution is 0.642. The maximum Gasteiger partial charge on any atom is 0.159 e. The molecule has 0 radical (unpaired) electrons. The molecular formula is C20H22ClN7. The topological polar surface area (TPSA) is 83.2 Å². The third-order valence-electron chi connectivity index (χ3n) is 4.85. The Balaban J connectivity index is 1.49. The highest BCUT2D eigenvalue weighted by Gasteiger charge is 2.22. The van der Waals surface area contributed by atoms with E-state index in [-0.39, 0.29) is 0 Å². The van der Waals surface area contributed by atoms with Gasteiger partial charge in [-0.3, -0.25) is 0 Å². The van der Waals surface area contributed by atoms with Crippen LogP contribution in [0.15, 0.2) is 48.9 Å². The normalized spacial score (nSPS) is 14.2. The van der Waals surface area contributed by atoms with Gasteiger partial charge in [-0.15, -0.1) is 0 Å². The van der Waals surface area contributed by atoms with Crippen LogP contribution in [0.4, 0.5) is 28.8 Å². The fraction of sp³-hybridized carbons (Fsp3) is 0.250. The highest BCUT2D eigenvalue weighted by Crippen LogP contribution is 2.30. The Morgan fingerprint density at radius 3 is 2.50 bits per heavy atom. The quantitative estimate of drug-likeness (QED) is 0.699. The zero-order valence-corrected chi connectivity index (χ0v) is 16.4. The van der Waals surface area contributed by atoms with Crippen molar-refractivity contribution in [3.8, 4) is 0 Å². The number of aromatic nitrogens is 3. The maximum atomic E-state index is 6.39. The molecule has 144 valence electrons. The molecule has 0 unspecified atom stereocenters. The molecule has 0 bridgehead atoms. The van der Waals surface area contributed by atoms with Crippen LogP contribution in [0.5, 0.6) is 0 Å². The lowest BCUT2D eigenvalue weighted by Crippen LogP contribution is -2.47. The standard InChI is InChI=1S/C20H22ClN7/c1-14-5-6-15(12-16(14)21)26-19-18(22)20(25-13-24-19)28-10-8-27(9-11-28)17-4-2-3-7-23-17/h2-7,12-13H,8-11,22H2,1H3,(H,24,25,26). The van der Waals surface area contributed by atoms with Crippen LogP contribution in [0.25, 0.3) is 0 Å². The molecule has 28 heavy (non-hydrogen) atoms. The number of benzene rings is 1. The molecule has 3 N–H and O–H groups in total. The molecular weight excluding hydrogens is 374 g/mol. The molecule has 0 aliphatic carbocycles. The fourth-order valence-corrected chi connectivity index (χ4v) is 3.41. The molecule has 1 aliphatic heterocycles. The minimum Gasteiger partial charge on any atom is -0.393 e. The van der Waals surface area contributed by atoms with Gasteiger partial charge in [-0.25, -0.2) is 15.0 Å². The van der Waals surface area contributed by atoms with Crippen molar-refractivity contribution < 1.29 is 0 Å². The molecule has 1 fully saturated rings. The molecule has 8 heteroatoms. The summed E-state index contributed by atoms with van der Waals surface area (Å²) in [5.41, 5.74) is 8.78. The number of hydrogen-bond acceptors (Lipinski definition) is 7. The van der Waals surface area contributed by atoms with E-state index in [1.54, 1.807) is 0 Å². The average Bonchev–Trinajstić information content (AvgIpc) is 2.73. The van der Waals surface area contributed by atoms with Crippen LogP contribution in [0.1, 0.15) is 5.56 Å². The Bertz CT molecular complexity index is 956. The lowest BCUT2D eigenvalue weighted by Gasteiger charge is -2.36. The summed E-state index contributed by atoms with van der Waals surface area (Å²) < 4.78 is 0.